The second-order valence-electron chi connectivity index (χ2n) is 4.33. The summed E-state index contributed by atoms with van der Waals surface area (Å²) in [4.78, 5) is 0. The fourth-order valence-corrected chi connectivity index (χ4v) is 2.58. The molecule has 1 aromatic carbocycles. The highest BCUT2D eigenvalue weighted by Crippen LogP contribution is 2.40. The molecule has 0 aliphatic rings. The molecule has 2 rings (SSSR count). The highest BCUT2D eigenvalue weighted by molar-refractivity contribution is 7.08. The molecule has 0 aliphatic heterocycles. The minimum Gasteiger partial charge on any atom is -0.320 e. The van der Waals surface area contributed by atoms with Crippen molar-refractivity contribution in [1.82, 2.24) is 0 Å². The first-order valence-corrected chi connectivity index (χ1v) is 6.61. The van der Waals surface area contributed by atoms with Crippen LogP contribution in [0, 0.1) is 0 Å². The molecule has 2 N–H and O–H groups in total. The van der Waals surface area contributed by atoms with Crippen LogP contribution in [0.5, 0.6) is 0 Å². The molecule has 0 saturated carbocycles. The Balaban J connectivity index is 0.00000242. The summed E-state index contributed by atoms with van der Waals surface area (Å²) in [7, 11) is 0. The molecular weight excluding hydrogens is 352 g/mol. The van der Waals surface area contributed by atoms with Gasteiger partial charge in [0.15, 0.2) is 0 Å². The SMILES string of the molecule is Cl.N[C@H](c1ccsc1)c1ccc(C(F)(F)F)cc1C(F)(F)F. The van der Waals surface area contributed by atoms with Crippen LogP contribution in [0.1, 0.15) is 28.3 Å². The van der Waals surface area contributed by atoms with Gasteiger partial charge in [0.05, 0.1) is 17.2 Å². The van der Waals surface area contributed by atoms with Crippen LogP contribution in [-0.4, -0.2) is 0 Å². The topological polar surface area (TPSA) is 26.0 Å². The molecule has 9 heteroatoms. The van der Waals surface area contributed by atoms with Gasteiger partial charge in [-0.15, -0.1) is 12.4 Å². The number of hydrogen-bond donors (Lipinski definition) is 1. The summed E-state index contributed by atoms with van der Waals surface area (Å²) in [6, 6.07) is 1.90. The maximum atomic E-state index is 13.0. The first-order chi connectivity index (χ1) is 9.60. The summed E-state index contributed by atoms with van der Waals surface area (Å²) in [6.45, 7) is 0. The summed E-state index contributed by atoms with van der Waals surface area (Å²) in [5.41, 5.74) is 3.07. The second-order valence-corrected chi connectivity index (χ2v) is 5.11. The van der Waals surface area contributed by atoms with Crippen molar-refractivity contribution in [2.24, 2.45) is 5.73 Å². The van der Waals surface area contributed by atoms with E-state index in [1.54, 1.807) is 10.8 Å². The van der Waals surface area contributed by atoms with Gasteiger partial charge in [0.1, 0.15) is 0 Å². The van der Waals surface area contributed by atoms with E-state index in [9.17, 15) is 26.3 Å². The monoisotopic (exact) mass is 361 g/mol. The first kappa shape index (κ1) is 18.8. The summed E-state index contributed by atoms with van der Waals surface area (Å²) in [6.07, 6.45) is -9.75. The van der Waals surface area contributed by atoms with Crippen molar-refractivity contribution in [2.45, 2.75) is 18.4 Å². The van der Waals surface area contributed by atoms with Gasteiger partial charge in [-0.25, -0.2) is 0 Å². The number of rotatable bonds is 2. The molecule has 1 nitrogen and oxygen atoms in total. The molecule has 2 aromatic rings. The van der Waals surface area contributed by atoms with Crippen LogP contribution in [0.4, 0.5) is 26.3 Å². The van der Waals surface area contributed by atoms with Crippen LogP contribution in [0.3, 0.4) is 0 Å². The molecule has 22 heavy (non-hydrogen) atoms. The number of benzene rings is 1. The standard InChI is InChI=1S/C13H9F6NS.ClH/c14-12(15,16)8-1-2-9(10(5-8)13(17,18)19)11(20)7-3-4-21-6-7;/h1-6,11H,20H2;1H/t11-;/m1./s1. The zero-order chi connectivity index (χ0) is 15.8. The van der Waals surface area contributed by atoms with E-state index in [-0.39, 0.29) is 24.0 Å². The van der Waals surface area contributed by atoms with Crippen molar-refractivity contribution >= 4 is 23.7 Å². The summed E-state index contributed by atoms with van der Waals surface area (Å²) in [5, 5.41) is 3.19. The summed E-state index contributed by atoms with van der Waals surface area (Å²) in [5.74, 6) is 0. The fourth-order valence-electron chi connectivity index (χ4n) is 1.88. The van der Waals surface area contributed by atoms with E-state index in [1.165, 1.54) is 17.4 Å². The average molecular weight is 362 g/mol. The molecule has 1 heterocycles. The van der Waals surface area contributed by atoms with Crippen LogP contribution in [0.2, 0.25) is 0 Å². The maximum Gasteiger partial charge on any atom is 0.416 e. The quantitative estimate of drug-likeness (QED) is 0.726. The highest BCUT2D eigenvalue weighted by atomic mass is 35.5. The first-order valence-electron chi connectivity index (χ1n) is 5.66. The molecule has 1 aromatic heterocycles. The van der Waals surface area contributed by atoms with Crippen molar-refractivity contribution in [3.63, 3.8) is 0 Å². The Labute approximate surface area is 132 Å². The lowest BCUT2D eigenvalue weighted by molar-refractivity contribution is -0.143. The third-order valence-electron chi connectivity index (χ3n) is 2.92. The minimum atomic E-state index is -4.91. The van der Waals surface area contributed by atoms with Crippen LogP contribution >= 0.6 is 23.7 Å². The van der Waals surface area contributed by atoms with E-state index in [1.807, 2.05) is 0 Å². The molecule has 122 valence electrons. The van der Waals surface area contributed by atoms with Gasteiger partial charge in [-0.2, -0.15) is 37.7 Å². The minimum absolute atomic E-state index is 0. The van der Waals surface area contributed by atoms with Crippen LogP contribution < -0.4 is 5.73 Å². The van der Waals surface area contributed by atoms with Gasteiger partial charge >= 0.3 is 12.4 Å². The fraction of sp³-hybridized carbons (Fsp3) is 0.231. The normalized spacial score (nSPS) is 13.6. The van der Waals surface area contributed by atoms with Crippen molar-refractivity contribution < 1.29 is 26.3 Å². The lowest BCUT2D eigenvalue weighted by atomic mass is 9.94. The molecule has 0 aliphatic carbocycles. The van der Waals surface area contributed by atoms with Gasteiger partial charge < -0.3 is 5.73 Å². The van der Waals surface area contributed by atoms with Crippen molar-refractivity contribution in [3.8, 4) is 0 Å². The maximum absolute atomic E-state index is 13.0. The van der Waals surface area contributed by atoms with E-state index in [0.717, 1.165) is 6.07 Å². The Kier molecular flexibility index (Phi) is 5.53. The molecule has 0 spiro atoms. The predicted octanol–water partition coefficient (Wildman–Crippen LogP) is 5.26. The highest BCUT2D eigenvalue weighted by Gasteiger charge is 2.39. The molecule has 0 saturated heterocycles. The summed E-state index contributed by atoms with van der Waals surface area (Å²) >= 11 is 1.24. The Bertz CT molecular complexity index is 620. The lowest BCUT2D eigenvalue weighted by Crippen LogP contribution is -2.19. The number of thiophene rings is 1. The van der Waals surface area contributed by atoms with Gasteiger partial charge in [0, 0.05) is 0 Å². The largest absolute Gasteiger partial charge is 0.416 e. The Hall–Kier alpha value is -1.25. The molecule has 0 bridgehead atoms. The zero-order valence-electron chi connectivity index (χ0n) is 10.7. The van der Waals surface area contributed by atoms with Crippen LogP contribution in [0.25, 0.3) is 0 Å². The molecule has 0 unspecified atom stereocenters. The van der Waals surface area contributed by atoms with E-state index >= 15 is 0 Å². The van der Waals surface area contributed by atoms with Gasteiger partial charge in [-0.3, -0.25) is 0 Å². The van der Waals surface area contributed by atoms with E-state index < -0.39 is 29.5 Å². The van der Waals surface area contributed by atoms with E-state index in [0.29, 0.717) is 11.6 Å². The number of hydrogen-bond acceptors (Lipinski definition) is 2. The number of alkyl halides is 6. The van der Waals surface area contributed by atoms with Gasteiger partial charge in [-0.05, 0) is 40.1 Å². The number of halogens is 7. The molecule has 0 amide bonds. The molecule has 1 atom stereocenters. The molecule has 0 radical (unpaired) electrons. The number of nitrogens with two attached hydrogens (primary N) is 1. The average Bonchev–Trinajstić information content (AvgIpc) is 2.89. The molecular formula is C13H10ClF6NS. The van der Waals surface area contributed by atoms with Gasteiger partial charge in [-0.1, -0.05) is 6.07 Å². The Morgan fingerprint density at radius 2 is 1.59 bits per heavy atom. The Morgan fingerprint density at radius 1 is 0.955 bits per heavy atom. The zero-order valence-corrected chi connectivity index (χ0v) is 12.3. The van der Waals surface area contributed by atoms with Crippen molar-refractivity contribution in [1.29, 1.82) is 0 Å². The second kappa shape index (κ2) is 6.47. The van der Waals surface area contributed by atoms with Crippen LogP contribution in [0.15, 0.2) is 35.0 Å². The van der Waals surface area contributed by atoms with Crippen LogP contribution in [-0.2, 0) is 12.4 Å². The van der Waals surface area contributed by atoms with Gasteiger partial charge in [0.25, 0.3) is 0 Å². The third kappa shape index (κ3) is 3.93. The van der Waals surface area contributed by atoms with Gasteiger partial charge in [0.2, 0.25) is 0 Å². The van der Waals surface area contributed by atoms with E-state index in [4.69, 9.17) is 5.73 Å². The van der Waals surface area contributed by atoms with Crippen molar-refractivity contribution in [3.05, 3.63) is 57.3 Å². The van der Waals surface area contributed by atoms with Crippen molar-refractivity contribution in [2.75, 3.05) is 0 Å². The molecule has 0 fully saturated rings. The lowest BCUT2D eigenvalue weighted by Gasteiger charge is -2.19. The smallest absolute Gasteiger partial charge is 0.320 e. The predicted molar refractivity (Wildman–Crippen MR) is 74.0 cm³/mol. The van der Waals surface area contributed by atoms with E-state index in [2.05, 4.69) is 0 Å². The Morgan fingerprint density at radius 3 is 2.05 bits per heavy atom. The summed E-state index contributed by atoms with van der Waals surface area (Å²) < 4.78 is 76.7. The third-order valence-corrected chi connectivity index (χ3v) is 3.62.